The number of carbonyl (C=O) groups excluding carboxylic acids is 1. The van der Waals surface area contributed by atoms with E-state index in [1.807, 2.05) is 5.48 Å². The average Bonchev–Trinajstić information content (AvgIpc) is 2.27. The van der Waals surface area contributed by atoms with E-state index >= 15 is 0 Å². The summed E-state index contributed by atoms with van der Waals surface area (Å²) >= 11 is 0. The monoisotopic (exact) mass is 239 g/mol. The molecule has 0 fully saturated rings. The molecule has 0 rings (SSSR count). The number of hydrogen-bond acceptors (Lipinski definition) is 7. The number of aliphatic hydroxyl groups is 5. The Bertz CT molecular complexity index is 213. The molecule has 0 aliphatic carbocycles. The second kappa shape index (κ2) is 7.49. The van der Waals surface area contributed by atoms with Gasteiger partial charge in [-0.15, -0.1) is 0 Å². The van der Waals surface area contributed by atoms with Crippen LogP contribution in [0.5, 0.6) is 0 Å². The smallest absolute Gasteiger partial charge is 0.240 e. The molecular formula is C8H17NO7. The van der Waals surface area contributed by atoms with Crippen LogP contribution >= 0.6 is 0 Å². The molecule has 0 aromatic rings. The number of rotatable bonds is 7. The molecular weight excluding hydrogens is 222 g/mol. The Labute approximate surface area is 92.0 Å². The highest BCUT2D eigenvalue weighted by atomic mass is 16.7. The highest BCUT2D eigenvalue weighted by Crippen LogP contribution is 2.07. The van der Waals surface area contributed by atoms with Crippen LogP contribution < -0.4 is 5.48 Å². The first kappa shape index (κ1) is 15.2. The summed E-state index contributed by atoms with van der Waals surface area (Å²) in [5.74, 6) is -0.553. The predicted molar refractivity (Wildman–Crippen MR) is 50.9 cm³/mol. The normalized spacial score (nSPS) is 18.6. The first-order valence-corrected chi connectivity index (χ1v) is 4.62. The van der Waals surface area contributed by atoms with E-state index in [1.54, 1.807) is 0 Å². The number of hydroxylamine groups is 1. The van der Waals surface area contributed by atoms with Gasteiger partial charge in [0.15, 0.2) is 0 Å². The summed E-state index contributed by atoms with van der Waals surface area (Å²) in [5.41, 5.74) is 1.88. The van der Waals surface area contributed by atoms with Crippen LogP contribution in [0.15, 0.2) is 0 Å². The Balaban J connectivity index is 4.28. The third-order valence-corrected chi connectivity index (χ3v) is 1.85. The van der Waals surface area contributed by atoms with Crippen molar-refractivity contribution in [3.05, 3.63) is 0 Å². The predicted octanol–water partition coefficient (Wildman–Crippen LogP) is -3.51. The maximum absolute atomic E-state index is 10.5. The molecule has 0 bridgehead atoms. The first-order chi connectivity index (χ1) is 7.43. The minimum Gasteiger partial charge on any atom is -0.394 e. The molecule has 0 saturated heterocycles. The lowest BCUT2D eigenvalue weighted by molar-refractivity contribution is -0.170. The van der Waals surface area contributed by atoms with E-state index in [0.717, 1.165) is 6.92 Å². The Morgan fingerprint density at radius 1 is 1.19 bits per heavy atom. The van der Waals surface area contributed by atoms with Gasteiger partial charge in [0, 0.05) is 6.92 Å². The summed E-state index contributed by atoms with van der Waals surface area (Å²) in [5, 5.41) is 45.1. The van der Waals surface area contributed by atoms with Gasteiger partial charge in [0.25, 0.3) is 0 Å². The van der Waals surface area contributed by atoms with Crippen LogP contribution in [0.4, 0.5) is 0 Å². The SMILES string of the molecule is CC(=O)NO[C@H](CO)[C@@H](O)[C@H](O)[C@H](O)CO. The topological polar surface area (TPSA) is 139 Å². The third kappa shape index (κ3) is 4.84. The second-order valence-electron chi connectivity index (χ2n) is 3.23. The molecule has 0 radical (unpaired) electrons. The molecule has 0 aromatic carbocycles. The average molecular weight is 239 g/mol. The zero-order valence-electron chi connectivity index (χ0n) is 8.78. The van der Waals surface area contributed by atoms with Crippen LogP contribution in [-0.4, -0.2) is 69.1 Å². The summed E-state index contributed by atoms with van der Waals surface area (Å²) in [6, 6.07) is 0. The van der Waals surface area contributed by atoms with Crippen molar-refractivity contribution in [3.63, 3.8) is 0 Å². The van der Waals surface area contributed by atoms with Gasteiger partial charge in [-0.05, 0) is 0 Å². The van der Waals surface area contributed by atoms with Crippen molar-refractivity contribution in [2.45, 2.75) is 31.3 Å². The minimum atomic E-state index is -1.70. The van der Waals surface area contributed by atoms with Crippen LogP contribution in [0.2, 0.25) is 0 Å². The van der Waals surface area contributed by atoms with Crippen LogP contribution in [0.1, 0.15) is 6.92 Å². The van der Waals surface area contributed by atoms with Crippen LogP contribution in [0.25, 0.3) is 0 Å². The van der Waals surface area contributed by atoms with Crippen LogP contribution in [0.3, 0.4) is 0 Å². The molecule has 4 atom stereocenters. The van der Waals surface area contributed by atoms with E-state index in [1.165, 1.54) is 0 Å². The zero-order valence-corrected chi connectivity index (χ0v) is 8.78. The second-order valence-corrected chi connectivity index (χ2v) is 3.23. The van der Waals surface area contributed by atoms with Gasteiger partial charge in [0.05, 0.1) is 13.2 Å². The fourth-order valence-electron chi connectivity index (χ4n) is 0.929. The molecule has 8 nitrogen and oxygen atoms in total. The third-order valence-electron chi connectivity index (χ3n) is 1.85. The molecule has 0 spiro atoms. The highest BCUT2D eigenvalue weighted by molar-refractivity contribution is 5.71. The number of amides is 1. The van der Waals surface area contributed by atoms with E-state index in [-0.39, 0.29) is 0 Å². The van der Waals surface area contributed by atoms with E-state index in [9.17, 15) is 15.0 Å². The quantitative estimate of drug-likeness (QED) is 0.253. The summed E-state index contributed by atoms with van der Waals surface area (Å²) in [7, 11) is 0. The van der Waals surface area contributed by atoms with Crippen molar-refractivity contribution in [3.8, 4) is 0 Å². The van der Waals surface area contributed by atoms with Gasteiger partial charge < -0.3 is 25.5 Å². The van der Waals surface area contributed by atoms with Gasteiger partial charge in [-0.25, -0.2) is 5.48 Å². The Morgan fingerprint density at radius 2 is 1.75 bits per heavy atom. The molecule has 0 unspecified atom stereocenters. The standard InChI is InChI=1S/C8H17NO7/c1-4(12)9-16-6(3-11)8(15)7(14)5(13)2-10/h5-8,10-11,13-15H,2-3H2,1H3,(H,9,12)/t5-,6-,7-,8-/m1/s1. The zero-order chi connectivity index (χ0) is 12.7. The summed E-state index contributed by atoms with van der Waals surface area (Å²) in [4.78, 5) is 15.1. The van der Waals surface area contributed by atoms with Crippen molar-refractivity contribution >= 4 is 5.91 Å². The lowest BCUT2D eigenvalue weighted by atomic mass is 10.0. The Hall–Kier alpha value is -0.770. The lowest BCUT2D eigenvalue weighted by Gasteiger charge is -2.27. The summed E-state index contributed by atoms with van der Waals surface area (Å²) in [6.07, 6.45) is -6.22. The van der Waals surface area contributed by atoms with Crippen molar-refractivity contribution in [1.82, 2.24) is 5.48 Å². The Kier molecular flexibility index (Phi) is 7.13. The lowest BCUT2D eigenvalue weighted by Crippen LogP contribution is -2.49. The van der Waals surface area contributed by atoms with E-state index in [0.29, 0.717) is 0 Å². The van der Waals surface area contributed by atoms with E-state index in [2.05, 4.69) is 4.84 Å². The summed E-state index contributed by atoms with van der Waals surface area (Å²) in [6.45, 7) is -0.285. The molecule has 0 aliphatic rings. The molecule has 8 heteroatoms. The largest absolute Gasteiger partial charge is 0.394 e. The molecule has 0 heterocycles. The Morgan fingerprint density at radius 3 is 2.12 bits per heavy atom. The summed E-state index contributed by atoms with van der Waals surface area (Å²) < 4.78 is 0. The molecule has 6 N–H and O–H groups in total. The maximum Gasteiger partial charge on any atom is 0.240 e. The van der Waals surface area contributed by atoms with Crippen molar-refractivity contribution in [2.75, 3.05) is 13.2 Å². The van der Waals surface area contributed by atoms with Gasteiger partial charge in [-0.2, -0.15) is 0 Å². The number of aliphatic hydroxyl groups excluding tert-OH is 5. The van der Waals surface area contributed by atoms with Gasteiger partial charge in [0.1, 0.15) is 24.4 Å². The van der Waals surface area contributed by atoms with Gasteiger partial charge in [-0.1, -0.05) is 0 Å². The first-order valence-electron chi connectivity index (χ1n) is 4.62. The van der Waals surface area contributed by atoms with E-state index < -0.39 is 43.5 Å². The van der Waals surface area contributed by atoms with Crippen LogP contribution in [-0.2, 0) is 9.63 Å². The van der Waals surface area contributed by atoms with Crippen molar-refractivity contribution < 1.29 is 35.2 Å². The highest BCUT2D eigenvalue weighted by Gasteiger charge is 2.32. The van der Waals surface area contributed by atoms with Crippen molar-refractivity contribution in [1.29, 1.82) is 0 Å². The fraction of sp³-hybridized carbons (Fsp3) is 0.875. The minimum absolute atomic E-state index is 0.553. The molecule has 96 valence electrons. The van der Waals surface area contributed by atoms with Gasteiger partial charge in [-0.3, -0.25) is 9.63 Å². The van der Waals surface area contributed by atoms with Gasteiger partial charge in [0.2, 0.25) is 5.91 Å². The van der Waals surface area contributed by atoms with Crippen molar-refractivity contribution in [2.24, 2.45) is 0 Å². The number of hydrogen-bond donors (Lipinski definition) is 6. The number of carbonyl (C=O) groups is 1. The molecule has 0 saturated carbocycles. The fourth-order valence-corrected chi connectivity index (χ4v) is 0.929. The number of nitrogens with one attached hydrogen (secondary N) is 1. The van der Waals surface area contributed by atoms with E-state index in [4.69, 9.17) is 15.3 Å². The van der Waals surface area contributed by atoms with Crippen LogP contribution in [0, 0.1) is 0 Å². The maximum atomic E-state index is 10.5. The molecule has 16 heavy (non-hydrogen) atoms. The van der Waals surface area contributed by atoms with Gasteiger partial charge >= 0.3 is 0 Å². The molecule has 0 aromatic heterocycles. The molecule has 0 aliphatic heterocycles. The molecule has 1 amide bonds.